The third-order valence-electron chi connectivity index (χ3n) is 5.80. The zero-order valence-corrected chi connectivity index (χ0v) is 21.6. The summed E-state index contributed by atoms with van der Waals surface area (Å²) in [6.07, 6.45) is -9.00. The Morgan fingerprint density at radius 2 is 1.30 bits per heavy atom. The molecule has 3 aromatic carbocycles. The van der Waals surface area contributed by atoms with Gasteiger partial charge in [0.2, 0.25) is 0 Å². The fraction of sp³-hybridized carbons (Fsp3) is 0.172. The first-order chi connectivity index (χ1) is 18.8. The summed E-state index contributed by atoms with van der Waals surface area (Å²) in [5.74, 6) is -0.244. The van der Waals surface area contributed by atoms with E-state index < -0.39 is 36.1 Å². The summed E-state index contributed by atoms with van der Waals surface area (Å²) in [5, 5.41) is 8.80. The van der Waals surface area contributed by atoms with Crippen molar-refractivity contribution in [3.8, 4) is 28.3 Å². The number of hydrogen-bond acceptors (Lipinski definition) is 4. The van der Waals surface area contributed by atoms with Crippen LogP contribution in [0, 0.1) is 6.92 Å². The fourth-order valence-corrected chi connectivity index (χ4v) is 4.73. The number of aliphatic carboxylic acids is 1. The predicted octanol–water partition coefficient (Wildman–Crippen LogP) is 8.52. The van der Waals surface area contributed by atoms with Gasteiger partial charge in [-0.1, -0.05) is 24.3 Å². The Bertz CT molecular complexity index is 1420. The average Bonchev–Trinajstić information content (AvgIpc) is 2.90. The predicted molar refractivity (Wildman–Crippen MR) is 139 cm³/mol. The van der Waals surface area contributed by atoms with Crippen LogP contribution in [0.2, 0.25) is 0 Å². The van der Waals surface area contributed by atoms with Crippen molar-refractivity contribution in [3.05, 3.63) is 101 Å². The molecule has 208 valence electrons. The van der Waals surface area contributed by atoms with Gasteiger partial charge in [0.05, 0.1) is 22.5 Å². The second-order valence-corrected chi connectivity index (χ2v) is 9.84. The molecule has 0 bridgehead atoms. The highest BCUT2D eigenvalue weighted by Gasteiger charge is 2.31. The summed E-state index contributed by atoms with van der Waals surface area (Å²) in [4.78, 5) is 16.1. The highest BCUT2D eigenvalue weighted by atomic mass is 32.2. The molecule has 4 rings (SSSR count). The lowest BCUT2D eigenvalue weighted by Crippen LogP contribution is -2.09. The quantitative estimate of drug-likeness (QED) is 0.168. The van der Waals surface area contributed by atoms with Gasteiger partial charge in [0.15, 0.2) is 6.61 Å². The molecule has 0 aliphatic rings. The van der Waals surface area contributed by atoms with Crippen molar-refractivity contribution in [2.24, 2.45) is 0 Å². The Hall–Kier alpha value is -3.99. The summed E-state index contributed by atoms with van der Waals surface area (Å²) < 4.78 is 83.5. The van der Waals surface area contributed by atoms with Gasteiger partial charge in [0.1, 0.15) is 5.75 Å². The maximum atomic E-state index is 13.0. The van der Waals surface area contributed by atoms with E-state index in [0.717, 1.165) is 40.3 Å². The Kier molecular flexibility index (Phi) is 8.43. The van der Waals surface area contributed by atoms with Gasteiger partial charge >= 0.3 is 18.3 Å². The summed E-state index contributed by atoms with van der Waals surface area (Å²) in [5.41, 5.74) is 1.44. The number of halogens is 6. The van der Waals surface area contributed by atoms with Crippen LogP contribution < -0.4 is 4.74 Å². The van der Waals surface area contributed by atoms with E-state index in [1.165, 1.54) is 36.0 Å². The molecular formula is C29H21F6NO3S. The highest BCUT2D eigenvalue weighted by Crippen LogP contribution is 2.35. The third kappa shape index (κ3) is 7.35. The third-order valence-corrected chi connectivity index (χ3v) is 6.87. The highest BCUT2D eigenvalue weighted by molar-refractivity contribution is 7.98. The normalized spacial score (nSPS) is 11.9. The van der Waals surface area contributed by atoms with Crippen LogP contribution in [0.15, 0.2) is 83.8 Å². The van der Waals surface area contributed by atoms with Crippen LogP contribution in [0.1, 0.15) is 22.3 Å². The lowest BCUT2D eigenvalue weighted by molar-refractivity contribution is -0.139. The number of aromatic nitrogens is 1. The second kappa shape index (κ2) is 11.6. The van der Waals surface area contributed by atoms with Gasteiger partial charge in [-0.25, -0.2) is 9.78 Å². The van der Waals surface area contributed by atoms with Gasteiger partial charge < -0.3 is 9.84 Å². The van der Waals surface area contributed by atoms with Crippen molar-refractivity contribution in [3.63, 3.8) is 0 Å². The number of ether oxygens (including phenoxy) is 1. The zero-order valence-electron chi connectivity index (χ0n) is 20.8. The Morgan fingerprint density at radius 3 is 1.73 bits per heavy atom. The van der Waals surface area contributed by atoms with E-state index in [0.29, 0.717) is 34.0 Å². The van der Waals surface area contributed by atoms with Crippen molar-refractivity contribution in [2.75, 3.05) is 6.61 Å². The van der Waals surface area contributed by atoms with E-state index >= 15 is 0 Å². The van der Waals surface area contributed by atoms with Crippen LogP contribution >= 0.6 is 11.8 Å². The second-order valence-electron chi connectivity index (χ2n) is 8.79. The van der Waals surface area contributed by atoms with Crippen LogP contribution in [0.3, 0.4) is 0 Å². The number of benzene rings is 3. The molecule has 1 aromatic heterocycles. The standard InChI is InChI=1S/C29H21F6NO3S/c1-17-12-23(10-11-26(17)39-15-27(37)38)40-16-18-13-24(19-2-6-21(7-3-19)28(30,31)32)36-25(14-18)20-4-8-22(9-5-20)29(33,34)35/h2-14H,15-16H2,1H3,(H,37,38). The van der Waals surface area contributed by atoms with E-state index in [2.05, 4.69) is 4.98 Å². The number of rotatable bonds is 8. The molecule has 1 N–H and O–H groups in total. The van der Waals surface area contributed by atoms with Gasteiger partial charge in [-0.05, 0) is 72.6 Å². The van der Waals surface area contributed by atoms with Gasteiger partial charge in [-0.3, -0.25) is 0 Å². The van der Waals surface area contributed by atoms with Crippen molar-refractivity contribution >= 4 is 17.7 Å². The number of nitrogens with zero attached hydrogens (tertiary/aromatic N) is 1. The zero-order chi connectivity index (χ0) is 29.1. The van der Waals surface area contributed by atoms with Crippen molar-refractivity contribution in [1.29, 1.82) is 0 Å². The van der Waals surface area contributed by atoms with Gasteiger partial charge in [0, 0.05) is 21.8 Å². The van der Waals surface area contributed by atoms with Crippen LogP contribution in [0.5, 0.6) is 5.75 Å². The van der Waals surface area contributed by atoms with Crippen molar-refractivity contribution in [2.45, 2.75) is 29.9 Å². The van der Waals surface area contributed by atoms with Gasteiger partial charge in [0.25, 0.3) is 0 Å². The molecule has 0 saturated heterocycles. The lowest BCUT2D eigenvalue weighted by Gasteiger charge is -2.13. The number of carbonyl (C=O) groups is 1. The topological polar surface area (TPSA) is 59.4 Å². The van der Waals surface area contributed by atoms with E-state index in [4.69, 9.17) is 9.84 Å². The fourth-order valence-electron chi connectivity index (χ4n) is 3.81. The number of pyridine rings is 1. The molecule has 1 heterocycles. The first-order valence-corrected chi connectivity index (χ1v) is 12.7. The first kappa shape index (κ1) is 29.0. The van der Waals surface area contributed by atoms with Gasteiger partial charge in [-0.2, -0.15) is 26.3 Å². The van der Waals surface area contributed by atoms with Gasteiger partial charge in [-0.15, -0.1) is 11.8 Å². The number of hydrogen-bond donors (Lipinski definition) is 1. The van der Waals surface area contributed by atoms with Crippen LogP contribution in [-0.2, 0) is 22.9 Å². The summed E-state index contributed by atoms with van der Waals surface area (Å²) in [6, 6.07) is 17.7. The van der Waals surface area contributed by atoms with E-state index in [1.807, 2.05) is 6.07 Å². The number of thioether (sulfide) groups is 1. The molecule has 0 unspecified atom stereocenters. The molecule has 0 saturated carbocycles. The van der Waals surface area contributed by atoms with E-state index in [1.54, 1.807) is 31.2 Å². The molecule has 40 heavy (non-hydrogen) atoms. The summed E-state index contributed by atoms with van der Waals surface area (Å²) in [6.45, 7) is 1.31. The minimum atomic E-state index is -4.50. The number of alkyl halides is 6. The Morgan fingerprint density at radius 1 is 0.800 bits per heavy atom. The van der Waals surface area contributed by atoms with Crippen LogP contribution in [0.25, 0.3) is 22.5 Å². The Balaban J connectivity index is 1.65. The molecule has 0 aliphatic heterocycles. The molecule has 0 amide bonds. The molecule has 0 radical (unpaired) electrons. The molecule has 0 atom stereocenters. The van der Waals surface area contributed by atoms with Crippen molar-refractivity contribution in [1.82, 2.24) is 4.98 Å². The summed E-state index contributed by atoms with van der Waals surface area (Å²) >= 11 is 1.44. The molecule has 11 heteroatoms. The summed E-state index contributed by atoms with van der Waals surface area (Å²) in [7, 11) is 0. The molecule has 0 spiro atoms. The van der Waals surface area contributed by atoms with E-state index in [-0.39, 0.29) is 0 Å². The largest absolute Gasteiger partial charge is 0.482 e. The van der Waals surface area contributed by atoms with Crippen molar-refractivity contribution < 1.29 is 41.0 Å². The minimum absolute atomic E-state index is 0.371. The number of carboxylic acid groups (broad SMARTS) is 1. The lowest BCUT2D eigenvalue weighted by atomic mass is 10.0. The molecule has 4 aromatic rings. The monoisotopic (exact) mass is 577 g/mol. The molecular weight excluding hydrogens is 556 g/mol. The smallest absolute Gasteiger partial charge is 0.416 e. The average molecular weight is 578 g/mol. The minimum Gasteiger partial charge on any atom is -0.482 e. The molecule has 0 aliphatic carbocycles. The molecule has 4 nitrogen and oxygen atoms in total. The molecule has 0 fully saturated rings. The maximum absolute atomic E-state index is 13.0. The number of aryl methyl sites for hydroxylation is 1. The SMILES string of the molecule is Cc1cc(SCc2cc(-c3ccc(C(F)(F)F)cc3)nc(-c3ccc(C(F)(F)F)cc3)c2)ccc1OCC(=O)O. The van der Waals surface area contributed by atoms with Crippen LogP contribution in [0.4, 0.5) is 26.3 Å². The van der Waals surface area contributed by atoms with Crippen LogP contribution in [-0.4, -0.2) is 22.7 Å². The van der Waals surface area contributed by atoms with E-state index in [9.17, 15) is 31.1 Å². The first-order valence-electron chi connectivity index (χ1n) is 11.7. The maximum Gasteiger partial charge on any atom is 0.416 e. The Labute approximate surface area is 229 Å². The number of carboxylic acids is 1.